The van der Waals surface area contributed by atoms with E-state index in [1.807, 2.05) is 0 Å². The third-order valence-electron chi connectivity index (χ3n) is 4.41. The van der Waals surface area contributed by atoms with Crippen LogP contribution in [0.4, 0.5) is 0 Å². The lowest BCUT2D eigenvalue weighted by molar-refractivity contribution is -0.140. The highest BCUT2D eigenvalue weighted by Gasteiger charge is 2.55. The molecule has 1 atom stereocenters. The number of ether oxygens (including phenoxy) is 2. The number of hydrogen-bond acceptors (Lipinski definition) is 5. The predicted molar refractivity (Wildman–Crippen MR) is 66.1 cm³/mol. The number of amides is 1. The fraction of sp³-hybridized carbons (Fsp3) is 0.692. The topological polar surface area (TPSA) is 67.9 Å². The molecular formula is C13H18N2O4. The second-order valence-corrected chi connectivity index (χ2v) is 5.29. The number of esters is 1. The van der Waals surface area contributed by atoms with Gasteiger partial charge in [-0.15, -0.1) is 0 Å². The molecule has 0 aromatic rings. The first-order valence-corrected chi connectivity index (χ1v) is 6.60. The van der Waals surface area contributed by atoms with Crippen molar-refractivity contribution in [2.24, 2.45) is 5.41 Å². The number of carbonyl (C=O) groups excluding carboxylic acids is 2. The predicted octanol–water partition coefficient (Wildman–Crippen LogP) is -0.346. The summed E-state index contributed by atoms with van der Waals surface area (Å²) in [4.78, 5) is 25.6. The Labute approximate surface area is 111 Å². The van der Waals surface area contributed by atoms with Crippen molar-refractivity contribution in [1.82, 2.24) is 10.2 Å². The van der Waals surface area contributed by atoms with Gasteiger partial charge in [0.05, 0.1) is 23.8 Å². The molecule has 1 amide bonds. The van der Waals surface area contributed by atoms with Gasteiger partial charge in [0, 0.05) is 13.2 Å². The van der Waals surface area contributed by atoms with Crippen molar-refractivity contribution in [2.75, 3.05) is 33.4 Å². The van der Waals surface area contributed by atoms with E-state index in [1.165, 1.54) is 6.08 Å². The van der Waals surface area contributed by atoms with Crippen LogP contribution in [0.2, 0.25) is 0 Å². The Morgan fingerprint density at radius 2 is 2.16 bits per heavy atom. The summed E-state index contributed by atoms with van der Waals surface area (Å²) in [6.45, 7) is 2.36. The van der Waals surface area contributed by atoms with Crippen molar-refractivity contribution in [3.63, 3.8) is 0 Å². The Morgan fingerprint density at radius 1 is 1.42 bits per heavy atom. The molecule has 3 aliphatic rings. The van der Waals surface area contributed by atoms with Crippen LogP contribution in [0.5, 0.6) is 0 Å². The molecule has 3 heterocycles. The molecular weight excluding hydrogens is 248 g/mol. The first-order valence-electron chi connectivity index (χ1n) is 6.60. The summed E-state index contributed by atoms with van der Waals surface area (Å²) in [6.07, 6.45) is 2.86. The molecule has 1 N–H and O–H groups in total. The summed E-state index contributed by atoms with van der Waals surface area (Å²) >= 11 is 0. The molecule has 0 radical (unpaired) electrons. The number of nitrogens with one attached hydrogen (secondary N) is 1. The third-order valence-corrected chi connectivity index (χ3v) is 4.41. The molecule has 104 valence electrons. The molecule has 0 saturated carbocycles. The maximum Gasteiger partial charge on any atom is 0.333 e. The SMILES string of the molecule is COC1CN(C2=CC(=O)OC2)C(=O)C12CCNCC2. The number of cyclic esters (lactones) is 1. The number of likely N-dealkylation sites (tertiary alicyclic amines) is 1. The summed E-state index contributed by atoms with van der Waals surface area (Å²) in [7, 11) is 1.65. The van der Waals surface area contributed by atoms with Gasteiger partial charge in [-0.2, -0.15) is 0 Å². The molecule has 0 aliphatic carbocycles. The number of piperidine rings is 1. The van der Waals surface area contributed by atoms with Gasteiger partial charge >= 0.3 is 5.97 Å². The van der Waals surface area contributed by atoms with Gasteiger partial charge < -0.3 is 19.7 Å². The zero-order valence-electron chi connectivity index (χ0n) is 11.0. The molecule has 2 saturated heterocycles. The molecule has 6 nitrogen and oxygen atoms in total. The Morgan fingerprint density at radius 3 is 2.74 bits per heavy atom. The van der Waals surface area contributed by atoms with Gasteiger partial charge in [-0.3, -0.25) is 4.79 Å². The van der Waals surface area contributed by atoms with E-state index in [0.29, 0.717) is 12.2 Å². The lowest BCUT2D eigenvalue weighted by Gasteiger charge is -2.35. The zero-order valence-corrected chi connectivity index (χ0v) is 11.0. The number of rotatable bonds is 2. The van der Waals surface area contributed by atoms with Crippen molar-refractivity contribution < 1.29 is 19.1 Å². The molecule has 1 spiro atoms. The minimum atomic E-state index is -0.438. The van der Waals surface area contributed by atoms with Gasteiger partial charge in [0.1, 0.15) is 6.61 Å². The van der Waals surface area contributed by atoms with Crippen LogP contribution in [0.1, 0.15) is 12.8 Å². The number of hydrogen-bond donors (Lipinski definition) is 1. The minimum Gasteiger partial charge on any atom is -0.456 e. The first kappa shape index (κ1) is 12.6. The van der Waals surface area contributed by atoms with Crippen LogP contribution >= 0.6 is 0 Å². The van der Waals surface area contributed by atoms with E-state index in [9.17, 15) is 9.59 Å². The fourth-order valence-corrected chi connectivity index (χ4v) is 3.31. The van der Waals surface area contributed by atoms with E-state index in [4.69, 9.17) is 9.47 Å². The standard InChI is InChI=1S/C13H18N2O4/c1-18-10-7-15(9-6-11(16)19-8-9)12(17)13(10)2-4-14-5-3-13/h6,10,14H,2-5,7-8H2,1H3. The maximum atomic E-state index is 12.8. The van der Waals surface area contributed by atoms with Gasteiger partial charge in [-0.25, -0.2) is 4.79 Å². The van der Waals surface area contributed by atoms with E-state index >= 15 is 0 Å². The van der Waals surface area contributed by atoms with Crippen LogP contribution < -0.4 is 5.32 Å². The van der Waals surface area contributed by atoms with Gasteiger partial charge in [0.2, 0.25) is 5.91 Å². The molecule has 3 aliphatic heterocycles. The summed E-state index contributed by atoms with van der Waals surface area (Å²) in [5.74, 6) is -0.298. The average Bonchev–Trinajstić information content (AvgIpc) is 2.96. The maximum absolute atomic E-state index is 12.8. The number of methoxy groups -OCH3 is 1. The van der Waals surface area contributed by atoms with Crippen molar-refractivity contribution in [2.45, 2.75) is 18.9 Å². The Hall–Kier alpha value is -1.40. The largest absolute Gasteiger partial charge is 0.456 e. The lowest BCUT2D eigenvalue weighted by atomic mass is 9.75. The van der Waals surface area contributed by atoms with Gasteiger partial charge in [-0.1, -0.05) is 0 Å². The monoisotopic (exact) mass is 266 g/mol. The van der Waals surface area contributed by atoms with E-state index in [2.05, 4.69) is 5.32 Å². The molecule has 3 rings (SSSR count). The molecule has 1 unspecified atom stereocenters. The van der Waals surface area contributed by atoms with Crippen LogP contribution in [0.15, 0.2) is 11.8 Å². The van der Waals surface area contributed by atoms with E-state index < -0.39 is 5.41 Å². The summed E-state index contributed by atoms with van der Waals surface area (Å²) in [5.41, 5.74) is 0.222. The van der Waals surface area contributed by atoms with Crippen molar-refractivity contribution in [1.29, 1.82) is 0 Å². The van der Waals surface area contributed by atoms with Crippen LogP contribution in [-0.2, 0) is 19.1 Å². The smallest absolute Gasteiger partial charge is 0.333 e. The molecule has 19 heavy (non-hydrogen) atoms. The highest BCUT2D eigenvalue weighted by Crippen LogP contribution is 2.43. The van der Waals surface area contributed by atoms with Gasteiger partial charge in [0.25, 0.3) is 0 Å². The molecule has 0 bridgehead atoms. The van der Waals surface area contributed by atoms with Crippen molar-refractivity contribution >= 4 is 11.9 Å². The highest BCUT2D eigenvalue weighted by molar-refractivity contribution is 5.91. The number of nitrogens with zero attached hydrogens (tertiary/aromatic N) is 1. The van der Waals surface area contributed by atoms with Crippen LogP contribution in [0.3, 0.4) is 0 Å². The molecule has 6 heteroatoms. The first-order chi connectivity index (χ1) is 9.17. The average molecular weight is 266 g/mol. The van der Waals surface area contributed by atoms with E-state index in [1.54, 1.807) is 12.0 Å². The second kappa shape index (κ2) is 4.61. The number of carbonyl (C=O) groups is 2. The lowest BCUT2D eigenvalue weighted by Crippen LogP contribution is -2.47. The summed E-state index contributed by atoms with van der Waals surface area (Å²) in [6, 6.07) is 0. The minimum absolute atomic E-state index is 0.0744. The summed E-state index contributed by atoms with van der Waals surface area (Å²) in [5, 5.41) is 3.27. The molecule has 0 aromatic carbocycles. The van der Waals surface area contributed by atoms with Crippen molar-refractivity contribution in [3.8, 4) is 0 Å². The molecule has 0 aromatic heterocycles. The quantitative estimate of drug-likeness (QED) is 0.692. The molecule has 2 fully saturated rings. The summed E-state index contributed by atoms with van der Waals surface area (Å²) < 4.78 is 10.4. The van der Waals surface area contributed by atoms with E-state index in [0.717, 1.165) is 25.9 Å². The van der Waals surface area contributed by atoms with Gasteiger partial charge in [-0.05, 0) is 25.9 Å². The Bertz CT molecular complexity index is 440. The normalized spacial score (nSPS) is 29.8. The van der Waals surface area contributed by atoms with E-state index in [-0.39, 0.29) is 24.6 Å². The van der Waals surface area contributed by atoms with Crippen molar-refractivity contribution in [3.05, 3.63) is 11.8 Å². The second-order valence-electron chi connectivity index (χ2n) is 5.29. The third kappa shape index (κ3) is 1.86. The Balaban J connectivity index is 1.88. The fourth-order valence-electron chi connectivity index (χ4n) is 3.31. The van der Waals surface area contributed by atoms with Gasteiger partial charge in [0.15, 0.2) is 0 Å². The van der Waals surface area contributed by atoms with Crippen LogP contribution in [0.25, 0.3) is 0 Å². The zero-order chi connectivity index (χ0) is 13.5. The Kier molecular flexibility index (Phi) is 3.06. The van der Waals surface area contributed by atoms with Crippen LogP contribution in [-0.4, -0.2) is 56.2 Å². The van der Waals surface area contributed by atoms with Crippen LogP contribution in [0, 0.1) is 5.41 Å². The highest BCUT2D eigenvalue weighted by atomic mass is 16.5.